The zero-order valence-electron chi connectivity index (χ0n) is 13.6. The highest BCUT2D eigenvalue weighted by Gasteiger charge is 2.54. The zero-order chi connectivity index (χ0) is 17.7. The fourth-order valence-electron chi connectivity index (χ4n) is 3.65. The summed E-state index contributed by atoms with van der Waals surface area (Å²) < 4.78 is 5.25. The maximum atomic E-state index is 13.2. The van der Waals surface area contributed by atoms with Crippen LogP contribution in [0.4, 0.5) is 4.79 Å². The third kappa shape index (κ3) is 2.24. The fraction of sp³-hybridized carbons (Fsp3) is 0.294. The van der Waals surface area contributed by atoms with E-state index in [-0.39, 0.29) is 18.3 Å². The molecule has 1 spiro atoms. The Kier molecular flexibility index (Phi) is 3.47. The Morgan fingerprint density at radius 2 is 2.23 bits per heavy atom. The van der Waals surface area contributed by atoms with E-state index in [4.69, 9.17) is 4.52 Å². The van der Waals surface area contributed by atoms with E-state index in [0.29, 0.717) is 12.2 Å². The Labute approximate surface area is 156 Å². The molecule has 3 aromatic heterocycles. The van der Waals surface area contributed by atoms with Crippen LogP contribution in [0.1, 0.15) is 29.2 Å². The molecule has 0 aromatic carbocycles. The van der Waals surface area contributed by atoms with Crippen LogP contribution in [0.25, 0.3) is 11.4 Å². The largest absolute Gasteiger partial charge is 0.337 e. The second-order valence-corrected chi connectivity index (χ2v) is 8.14. The number of carbonyl (C=O) groups is 2. The van der Waals surface area contributed by atoms with Crippen molar-refractivity contribution >= 4 is 34.6 Å². The van der Waals surface area contributed by atoms with Crippen LogP contribution in [0, 0.1) is 0 Å². The second kappa shape index (κ2) is 5.75. The molecule has 26 heavy (non-hydrogen) atoms. The predicted octanol–water partition coefficient (Wildman–Crippen LogP) is 3.14. The van der Waals surface area contributed by atoms with Gasteiger partial charge in [-0.1, -0.05) is 5.16 Å². The number of carbonyl (C=O) groups excluding carboxylic acids is 2. The monoisotopic (exact) mass is 386 g/mol. The summed E-state index contributed by atoms with van der Waals surface area (Å²) in [5.41, 5.74) is 0.842. The second-order valence-electron chi connectivity index (χ2n) is 6.36. The molecule has 1 saturated heterocycles. The number of thiophene rings is 2. The van der Waals surface area contributed by atoms with Crippen LogP contribution in [0.2, 0.25) is 0 Å². The molecular formula is C17H14N4O3S2. The summed E-state index contributed by atoms with van der Waals surface area (Å²) >= 11 is 3.17. The number of urea groups is 1. The maximum Gasteiger partial charge on any atom is 0.325 e. The number of aromatic nitrogens is 2. The van der Waals surface area contributed by atoms with Gasteiger partial charge in [0.15, 0.2) is 0 Å². The first-order valence-corrected chi connectivity index (χ1v) is 10.1. The first kappa shape index (κ1) is 15.7. The highest BCUT2D eigenvalue weighted by atomic mass is 32.1. The topological polar surface area (TPSA) is 88.3 Å². The van der Waals surface area contributed by atoms with E-state index >= 15 is 0 Å². The van der Waals surface area contributed by atoms with Crippen molar-refractivity contribution in [3.05, 3.63) is 44.6 Å². The predicted molar refractivity (Wildman–Crippen MR) is 95.6 cm³/mol. The molecule has 1 unspecified atom stereocenters. The van der Waals surface area contributed by atoms with Crippen molar-refractivity contribution in [2.75, 3.05) is 0 Å². The molecule has 7 nitrogen and oxygen atoms in total. The van der Waals surface area contributed by atoms with Crippen LogP contribution >= 0.6 is 22.7 Å². The molecule has 132 valence electrons. The van der Waals surface area contributed by atoms with Crippen molar-refractivity contribution < 1.29 is 14.1 Å². The smallest absolute Gasteiger partial charge is 0.325 e. The number of imide groups is 1. The number of hydrogen-bond acceptors (Lipinski definition) is 7. The molecule has 1 aliphatic carbocycles. The van der Waals surface area contributed by atoms with Gasteiger partial charge < -0.3 is 9.84 Å². The van der Waals surface area contributed by atoms with E-state index in [1.165, 1.54) is 21.1 Å². The summed E-state index contributed by atoms with van der Waals surface area (Å²) in [5.74, 6) is 0.464. The third-order valence-corrected chi connectivity index (χ3v) is 6.54. The number of fused-ring (bicyclic) bond motifs is 2. The number of nitrogens with one attached hydrogen (secondary N) is 1. The molecule has 3 aromatic rings. The molecule has 0 radical (unpaired) electrons. The van der Waals surface area contributed by atoms with E-state index in [9.17, 15) is 9.59 Å². The maximum absolute atomic E-state index is 13.2. The van der Waals surface area contributed by atoms with E-state index in [1.807, 2.05) is 28.3 Å². The van der Waals surface area contributed by atoms with Gasteiger partial charge in [0.2, 0.25) is 11.7 Å². The Balaban J connectivity index is 1.43. The quantitative estimate of drug-likeness (QED) is 0.699. The summed E-state index contributed by atoms with van der Waals surface area (Å²) in [7, 11) is 0. The van der Waals surface area contributed by atoms with E-state index < -0.39 is 11.6 Å². The lowest BCUT2D eigenvalue weighted by Crippen LogP contribution is -2.46. The van der Waals surface area contributed by atoms with E-state index in [1.54, 1.807) is 11.3 Å². The molecule has 0 saturated carbocycles. The molecule has 3 amide bonds. The van der Waals surface area contributed by atoms with Gasteiger partial charge in [0, 0.05) is 21.4 Å². The van der Waals surface area contributed by atoms with Crippen LogP contribution in [0.3, 0.4) is 0 Å². The minimum absolute atomic E-state index is 0.0248. The lowest BCUT2D eigenvalue weighted by atomic mass is 9.80. The molecule has 2 aliphatic rings. The zero-order valence-corrected chi connectivity index (χ0v) is 15.2. The number of amides is 3. The summed E-state index contributed by atoms with van der Waals surface area (Å²) in [6.45, 7) is -0.0248. The molecule has 9 heteroatoms. The van der Waals surface area contributed by atoms with Crippen molar-refractivity contribution in [1.29, 1.82) is 0 Å². The first-order valence-electron chi connectivity index (χ1n) is 8.23. The van der Waals surface area contributed by atoms with Crippen LogP contribution in [-0.4, -0.2) is 27.0 Å². The Hall–Kier alpha value is -2.52. The molecule has 1 atom stereocenters. The average Bonchev–Trinajstić information content (AvgIpc) is 3.41. The highest BCUT2D eigenvalue weighted by Crippen LogP contribution is 2.42. The normalized spacial score (nSPS) is 22.1. The minimum atomic E-state index is -0.944. The van der Waals surface area contributed by atoms with Crippen LogP contribution in [0.5, 0.6) is 0 Å². The Morgan fingerprint density at radius 1 is 1.31 bits per heavy atom. The summed E-state index contributed by atoms with van der Waals surface area (Å²) in [5, 5.41) is 12.7. The van der Waals surface area contributed by atoms with Crippen molar-refractivity contribution in [3.63, 3.8) is 0 Å². The van der Waals surface area contributed by atoms with Gasteiger partial charge in [-0.3, -0.25) is 9.69 Å². The van der Waals surface area contributed by atoms with Gasteiger partial charge >= 0.3 is 6.03 Å². The summed E-state index contributed by atoms with van der Waals surface area (Å²) in [6, 6.07) is 3.42. The Bertz CT molecular complexity index is 994. The van der Waals surface area contributed by atoms with Crippen LogP contribution in [0.15, 0.2) is 32.8 Å². The average molecular weight is 386 g/mol. The standard InChI is InChI=1S/C17H14N4O3S2/c22-15-17(5-1-2-12-11(17)4-7-26-12)19-16(23)21(15)8-13-18-14(20-24-13)10-3-6-25-9-10/h3-4,6-7,9H,1-2,5,8H2,(H,19,23). The lowest BCUT2D eigenvalue weighted by Gasteiger charge is -2.31. The van der Waals surface area contributed by atoms with Gasteiger partial charge in [-0.05, 0) is 42.2 Å². The lowest BCUT2D eigenvalue weighted by molar-refractivity contribution is -0.132. The number of hydrogen-bond donors (Lipinski definition) is 1. The Morgan fingerprint density at radius 3 is 3.08 bits per heavy atom. The third-order valence-electron chi connectivity index (χ3n) is 4.88. The molecular weight excluding hydrogens is 372 g/mol. The highest BCUT2D eigenvalue weighted by molar-refractivity contribution is 7.10. The van der Waals surface area contributed by atoms with E-state index in [2.05, 4.69) is 15.5 Å². The van der Waals surface area contributed by atoms with Crippen molar-refractivity contribution in [2.45, 2.75) is 31.3 Å². The van der Waals surface area contributed by atoms with E-state index in [0.717, 1.165) is 24.0 Å². The molecule has 1 N–H and O–H groups in total. The fourth-order valence-corrected chi connectivity index (χ4v) is 5.28. The van der Waals surface area contributed by atoms with Gasteiger partial charge in [0.05, 0.1) is 0 Å². The molecule has 1 aliphatic heterocycles. The minimum Gasteiger partial charge on any atom is -0.337 e. The van der Waals surface area contributed by atoms with Crippen molar-refractivity contribution in [3.8, 4) is 11.4 Å². The summed E-state index contributed by atoms with van der Waals surface area (Å²) in [6.07, 6.45) is 2.43. The van der Waals surface area contributed by atoms with Gasteiger partial charge in [0.1, 0.15) is 12.1 Å². The van der Waals surface area contributed by atoms with Gasteiger partial charge in [-0.25, -0.2) is 4.79 Å². The summed E-state index contributed by atoms with van der Waals surface area (Å²) in [4.78, 5) is 32.4. The molecule has 1 fully saturated rings. The SMILES string of the molecule is O=C1NC2(CCCc3sccc32)C(=O)N1Cc1nc(-c2ccsc2)no1. The van der Waals surface area contributed by atoms with Gasteiger partial charge in [-0.2, -0.15) is 16.3 Å². The molecule has 5 rings (SSSR count). The van der Waals surface area contributed by atoms with Crippen molar-refractivity contribution in [1.82, 2.24) is 20.4 Å². The van der Waals surface area contributed by atoms with Gasteiger partial charge in [-0.15, -0.1) is 11.3 Å². The van der Waals surface area contributed by atoms with Crippen molar-refractivity contribution in [2.24, 2.45) is 0 Å². The molecule has 4 heterocycles. The number of nitrogens with zero attached hydrogens (tertiary/aromatic N) is 3. The van der Waals surface area contributed by atoms with Crippen LogP contribution < -0.4 is 5.32 Å². The number of aryl methyl sites for hydroxylation is 1. The first-order chi connectivity index (χ1) is 12.7. The number of rotatable bonds is 3. The van der Waals surface area contributed by atoms with Gasteiger partial charge in [0.25, 0.3) is 5.91 Å². The molecule has 0 bridgehead atoms. The van der Waals surface area contributed by atoms with Crippen LogP contribution in [-0.2, 0) is 23.3 Å².